The first-order valence-electron chi connectivity index (χ1n) is 17.1. The van der Waals surface area contributed by atoms with E-state index in [1.54, 1.807) is 80.2 Å². The molecule has 0 radical (unpaired) electrons. The van der Waals surface area contributed by atoms with Gasteiger partial charge in [0.2, 0.25) is 0 Å². The molecule has 2 fully saturated rings. The van der Waals surface area contributed by atoms with Gasteiger partial charge in [-0.15, -0.1) is 0 Å². The van der Waals surface area contributed by atoms with Gasteiger partial charge in [-0.1, -0.05) is 0 Å². The maximum atomic E-state index is 13.6. The van der Waals surface area contributed by atoms with Gasteiger partial charge in [-0.2, -0.15) is 0 Å². The number of carbonyl (C=O) groups is 4. The largest absolute Gasteiger partial charge is 0.444 e. The molecule has 0 aromatic rings. The van der Waals surface area contributed by atoms with Crippen molar-refractivity contribution in [1.29, 1.82) is 0 Å². The van der Waals surface area contributed by atoms with Crippen molar-refractivity contribution in [3.8, 4) is 0 Å². The van der Waals surface area contributed by atoms with E-state index in [4.69, 9.17) is 18.9 Å². The number of rotatable bonds is 7. The van der Waals surface area contributed by atoms with Gasteiger partial charge in [0.1, 0.15) is 22.4 Å². The molecule has 2 heterocycles. The first kappa shape index (κ1) is 38.3. The Hall–Kier alpha value is -3.52. The SMILES string of the molecule is CC1=C2[C@@H]1N(C(=O)OC(C)(C)CCC(C)(C)OC(=O)N1C[C@@H](CO)CN(C(=O)OC(C)(C)C)[C@@H]3C=C31)C[C@@H](CO)CN2C(=O)OC(C)(C)C. The molecule has 0 bridgehead atoms. The number of fused-ring (bicyclic) bond motifs is 2. The molecule has 0 saturated carbocycles. The Morgan fingerprint density at radius 1 is 0.653 bits per heavy atom. The average molecular weight is 693 g/mol. The van der Waals surface area contributed by atoms with Gasteiger partial charge in [0.15, 0.2) is 0 Å². The van der Waals surface area contributed by atoms with Crippen LogP contribution in [-0.4, -0.2) is 128 Å². The fourth-order valence-electron chi connectivity index (χ4n) is 6.15. The minimum Gasteiger partial charge on any atom is -0.444 e. The summed E-state index contributed by atoms with van der Waals surface area (Å²) in [6.45, 7) is 20.1. The maximum Gasteiger partial charge on any atom is 0.414 e. The molecule has 49 heavy (non-hydrogen) atoms. The molecule has 2 aliphatic heterocycles. The smallest absolute Gasteiger partial charge is 0.414 e. The van der Waals surface area contributed by atoms with E-state index in [0.717, 1.165) is 5.57 Å². The zero-order valence-corrected chi connectivity index (χ0v) is 31.0. The summed E-state index contributed by atoms with van der Waals surface area (Å²) >= 11 is 0. The van der Waals surface area contributed by atoms with E-state index in [9.17, 15) is 29.4 Å². The van der Waals surface area contributed by atoms with Crippen LogP contribution in [0.25, 0.3) is 0 Å². The molecule has 14 heteroatoms. The van der Waals surface area contributed by atoms with Crippen LogP contribution in [0.15, 0.2) is 23.0 Å². The summed E-state index contributed by atoms with van der Waals surface area (Å²) in [5.41, 5.74) is -1.10. The van der Waals surface area contributed by atoms with Gasteiger partial charge in [-0.05, 0) is 101 Å². The van der Waals surface area contributed by atoms with E-state index in [1.165, 1.54) is 14.7 Å². The average Bonchev–Trinajstić information content (AvgIpc) is 3.85. The van der Waals surface area contributed by atoms with Gasteiger partial charge in [0.25, 0.3) is 0 Å². The van der Waals surface area contributed by atoms with Crippen LogP contribution in [0.3, 0.4) is 0 Å². The fraction of sp³-hybridized carbons (Fsp3) is 0.771. The molecule has 0 spiro atoms. The first-order valence-corrected chi connectivity index (χ1v) is 17.1. The van der Waals surface area contributed by atoms with Gasteiger partial charge in [-0.25, -0.2) is 19.2 Å². The molecule has 2 aliphatic carbocycles. The lowest BCUT2D eigenvalue weighted by atomic mass is 9.94. The Balaban J connectivity index is 1.35. The number of carbonyl (C=O) groups excluding carboxylic acids is 4. The molecule has 276 valence electrons. The van der Waals surface area contributed by atoms with Crippen LogP contribution in [0.2, 0.25) is 0 Å². The zero-order chi connectivity index (χ0) is 36.9. The Morgan fingerprint density at radius 2 is 1.08 bits per heavy atom. The summed E-state index contributed by atoms with van der Waals surface area (Å²) < 4.78 is 23.1. The highest BCUT2D eigenvalue weighted by molar-refractivity contribution is 5.78. The standard InChI is InChI=1S/C35H56N4O10/c1-21-26-27(21)39(18-23(20-41)17-38(26)30(44)47-33(5,6)7)31(45)49-35(10,11)13-12-34(8,9)48-29(43)37-16-22(19-40)15-36(24-14-25(24)37)28(42)46-32(2,3)4/h14,22-24,27,40-41H,12-13,15-20H2,1-11H3/t22-,23-,24+,27+/m0/s1. The van der Waals surface area contributed by atoms with Crippen molar-refractivity contribution in [3.63, 3.8) is 0 Å². The molecule has 0 aromatic carbocycles. The molecule has 0 unspecified atom stereocenters. The van der Waals surface area contributed by atoms with Crippen molar-refractivity contribution < 1.29 is 48.3 Å². The number of hydrogen-bond acceptors (Lipinski definition) is 10. The number of nitrogens with zero attached hydrogens (tertiary/aromatic N) is 4. The summed E-state index contributed by atoms with van der Waals surface area (Å²) in [6, 6.07) is -0.834. The number of ether oxygens (including phenoxy) is 4. The van der Waals surface area contributed by atoms with Crippen molar-refractivity contribution in [2.75, 3.05) is 39.4 Å². The normalized spacial score (nSPS) is 24.2. The molecule has 4 aliphatic rings. The number of aliphatic hydroxyl groups is 2. The van der Waals surface area contributed by atoms with Crippen LogP contribution in [0.5, 0.6) is 0 Å². The van der Waals surface area contributed by atoms with Gasteiger partial charge in [0.05, 0.1) is 17.8 Å². The van der Waals surface area contributed by atoms with Crippen molar-refractivity contribution >= 4 is 24.4 Å². The van der Waals surface area contributed by atoms with Crippen molar-refractivity contribution in [1.82, 2.24) is 19.6 Å². The van der Waals surface area contributed by atoms with Gasteiger partial charge < -0.3 is 29.2 Å². The van der Waals surface area contributed by atoms with Crippen LogP contribution in [0.1, 0.15) is 89.0 Å². The van der Waals surface area contributed by atoms with E-state index < -0.39 is 64.8 Å². The van der Waals surface area contributed by atoms with Gasteiger partial charge in [0, 0.05) is 56.9 Å². The third kappa shape index (κ3) is 9.59. The molecule has 0 aromatic heterocycles. The number of aliphatic hydroxyl groups excluding tert-OH is 2. The van der Waals surface area contributed by atoms with Crippen molar-refractivity contribution in [2.24, 2.45) is 11.8 Å². The Bertz CT molecular complexity index is 1370. The Kier molecular flexibility index (Phi) is 10.7. The predicted octanol–water partition coefficient (Wildman–Crippen LogP) is 4.84. The highest BCUT2D eigenvalue weighted by Crippen LogP contribution is 2.43. The molecular weight excluding hydrogens is 636 g/mol. The quantitative estimate of drug-likeness (QED) is 0.354. The summed E-state index contributed by atoms with van der Waals surface area (Å²) in [6.07, 6.45) is 0.343. The van der Waals surface area contributed by atoms with Crippen LogP contribution in [0.4, 0.5) is 19.2 Å². The third-order valence-electron chi connectivity index (χ3n) is 8.82. The zero-order valence-electron chi connectivity index (χ0n) is 31.0. The van der Waals surface area contributed by atoms with E-state index in [-0.39, 0.29) is 45.3 Å². The molecule has 4 rings (SSSR count). The van der Waals surface area contributed by atoms with E-state index in [2.05, 4.69) is 0 Å². The van der Waals surface area contributed by atoms with E-state index in [0.29, 0.717) is 24.2 Å². The molecular formula is C35H56N4O10. The minimum absolute atomic E-state index is 0.183. The molecule has 2 saturated heterocycles. The van der Waals surface area contributed by atoms with Crippen molar-refractivity contribution in [2.45, 2.75) is 123 Å². The number of amides is 4. The molecule has 2 N–H and O–H groups in total. The lowest BCUT2D eigenvalue weighted by Gasteiger charge is -2.34. The molecule has 4 atom stereocenters. The van der Waals surface area contributed by atoms with Gasteiger partial charge in [-0.3, -0.25) is 19.6 Å². The number of hydrogen-bond donors (Lipinski definition) is 2. The summed E-state index contributed by atoms with van der Waals surface area (Å²) in [7, 11) is 0. The van der Waals surface area contributed by atoms with Crippen LogP contribution < -0.4 is 0 Å². The van der Waals surface area contributed by atoms with E-state index >= 15 is 0 Å². The monoisotopic (exact) mass is 692 g/mol. The second-order valence-electron chi connectivity index (χ2n) is 16.8. The minimum atomic E-state index is -0.947. The van der Waals surface area contributed by atoms with Crippen molar-refractivity contribution in [3.05, 3.63) is 23.0 Å². The molecule has 4 amide bonds. The van der Waals surface area contributed by atoms with Crippen LogP contribution in [0, 0.1) is 11.8 Å². The maximum absolute atomic E-state index is 13.6. The first-order chi connectivity index (χ1) is 22.5. The lowest BCUT2D eigenvalue weighted by molar-refractivity contribution is -0.0268. The lowest BCUT2D eigenvalue weighted by Crippen LogP contribution is -2.44. The second-order valence-corrected chi connectivity index (χ2v) is 16.8. The highest BCUT2D eigenvalue weighted by atomic mass is 16.6. The van der Waals surface area contributed by atoms with Crippen LogP contribution in [-0.2, 0) is 18.9 Å². The predicted molar refractivity (Wildman–Crippen MR) is 179 cm³/mol. The van der Waals surface area contributed by atoms with Crippen LogP contribution >= 0.6 is 0 Å². The highest BCUT2D eigenvalue weighted by Gasteiger charge is 2.51. The fourth-order valence-corrected chi connectivity index (χ4v) is 6.15. The summed E-state index contributed by atoms with van der Waals surface area (Å²) in [5, 5.41) is 20.1. The van der Waals surface area contributed by atoms with E-state index in [1.807, 2.05) is 6.92 Å². The Morgan fingerprint density at radius 3 is 1.59 bits per heavy atom. The van der Waals surface area contributed by atoms with Gasteiger partial charge >= 0.3 is 24.4 Å². The summed E-state index contributed by atoms with van der Waals surface area (Å²) in [5.74, 6) is -0.780. The second kappa shape index (κ2) is 13.7. The third-order valence-corrected chi connectivity index (χ3v) is 8.82. The molecule has 14 nitrogen and oxygen atoms in total. The Labute approximate surface area is 289 Å². The topological polar surface area (TPSA) is 159 Å². The summed E-state index contributed by atoms with van der Waals surface area (Å²) in [4.78, 5) is 59.1.